The van der Waals surface area contributed by atoms with Crippen LogP contribution in [0.15, 0.2) is 0 Å². The van der Waals surface area contributed by atoms with E-state index in [-0.39, 0.29) is 0 Å². The molecule has 3 atom stereocenters. The zero-order chi connectivity index (χ0) is 4.85. The van der Waals surface area contributed by atoms with Crippen molar-refractivity contribution in [2.75, 3.05) is 13.1 Å². The molecule has 2 aliphatic rings. The second-order valence-corrected chi connectivity index (χ2v) is 2.43. The monoisotopic (exact) mass is 98.1 g/mol. The maximum absolute atomic E-state index is 3.34. The van der Waals surface area contributed by atoms with Crippen LogP contribution >= 0.6 is 0 Å². The minimum Gasteiger partial charge on any atom is -0.300 e. The van der Waals surface area contributed by atoms with Gasteiger partial charge in [-0.15, -0.1) is 0 Å². The number of rotatable bonds is 0. The molecule has 0 radical (unpaired) electrons. The summed E-state index contributed by atoms with van der Waals surface area (Å²) in [6.45, 7) is 4.78. The lowest BCUT2D eigenvalue weighted by molar-refractivity contribution is 0.421. The third-order valence-corrected chi connectivity index (χ3v) is 1.90. The van der Waals surface area contributed by atoms with E-state index in [4.69, 9.17) is 0 Å². The first-order valence-electron chi connectivity index (χ1n) is 2.87. The average molecular weight is 98.1 g/mol. The molecule has 2 fully saturated rings. The van der Waals surface area contributed by atoms with E-state index in [0.29, 0.717) is 6.17 Å². The summed E-state index contributed by atoms with van der Waals surface area (Å²) in [5.74, 6) is 0. The normalized spacial score (nSPS) is 57.0. The molecule has 0 aromatic rings. The largest absolute Gasteiger partial charge is 0.300 e. The van der Waals surface area contributed by atoms with Crippen LogP contribution in [0.4, 0.5) is 0 Å². The fraction of sp³-hybridized carbons (Fsp3) is 1.00. The van der Waals surface area contributed by atoms with Gasteiger partial charge in [-0.25, -0.2) is 0 Å². The topological polar surface area (TPSA) is 15.0 Å². The van der Waals surface area contributed by atoms with Crippen molar-refractivity contribution in [1.82, 2.24) is 10.2 Å². The van der Waals surface area contributed by atoms with Crippen LogP contribution in [0.1, 0.15) is 6.92 Å². The minimum atomic E-state index is 0.671. The van der Waals surface area contributed by atoms with E-state index in [9.17, 15) is 0 Å². The van der Waals surface area contributed by atoms with Gasteiger partial charge in [-0.3, -0.25) is 4.90 Å². The highest BCUT2D eigenvalue weighted by molar-refractivity contribution is 4.99. The molecule has 2 heterocycles. The Hall–Kier alpha value is -0.0800. The Labute approximate surface area is 43.5 Å². The molecule has 0 spiro atoms. The molecule has 0 aromatic carbocycles. The van der Waals surface area contributed by atoms with Gasteiger partial charge in [-0.2, -0.15) is 0 Å². The van der Waals surface area contributed by atoms with Crippen molar-refractivity contribution in [3.63, 3.8) is 0 Å². The minimum absolute atomic E-state index is 0.671. The summed E-state index contributed by atoms with van der Waals surface area (Å²) in [5, 5.41) is 3.34. The molecule has 2 heteroatoms. The fourth-order valence-corrected chi connectivity index (χ4v) is 1.28. The Balaban J connectivity index is 2.08. The van der Waals surface area contributed by atoms with Gasteiger partial charge in [0.1, 0.15) is 0 Å². The number of hydrogen-bond donors (Lipinski definition) is 1. The first kappa shape index (κ1) is 3.87. The molecule has 2 nitrogen and oxygen atoms in total. The van der Waals surface area contributed by atoms with Crippen LogP contribution in [0.5, 0.6) is 0 Å². The lowest BCUT2D eigenvalue weighted by atomic mass is 10.5. The summed E-state index contributed by atoms with van der Waals surface area (Å²) in [6.07, 6.45) is 0.671. The van der Waals surface area contributed by atoms with Crippen LogP contribution in [-0.4, -0.2) is 30.2 Å². The van der Waals surface area contributed by atoms with E-state index in [1.165, 1.54) is 13.1 Å². The van der Waals surface area contributed by atoms with E-state index < -0.39 is 0 Å². The molecular weight excluding hydrogens is 88.1 g/mol. The molecular formula is C5H10N2. The van der Waals surface area contributed by atoms with E-state index in [0.717, 1.165) is 6.04 Å². The van der Waals surface area contributed by atoms with Crippen molar-refractivity contribution in [2.24, 2.45) is 0 Å². The van der Waals surface area contributed by atoms with Gasteiger partial charge < -0.3 is 5.32 Å². The van der Waals surface area contributed by atoms with Gasteiger partial charge in [-0.1, -0.05) is 0 Å². The standard InChI is InChI=1S/C5H10N2/c1-4-6-2-5-3-7(4)5/h4-6H,2-3H2,1H3. The molecule has 2 saturated heterocycles. The van der Waals surface area contributed by atoms with E-state index >= 15 is 0 Å². The molecule has 0 aliphatic carbocycles. The van der Waals surface area contributed by atoms with E-state index in [1.54, 1.807) is 0 Å². The Bertz CT molecular complexity index is 92.1. The summed E-state index contributed by atoms with van der Waals surface area (Å²) in [7, 11) is 0. The summed E-state index contributed by atoms with van der Waals surface area (Å²) in [5.41, 5.74) is 0. The number of nitrogens with one attached hydrogen (secondary N) is 1. The van der Waals surface area contributed by atoms with Crippen molar-refractivity contribution in [3.05, 3.63) is 0 Å². The summed E-state index contributed by atoms with van der Waals surface area (Å²) < 4.78 is 0. The summed E-state index contributed by atoms with van der Waals surface area (Å²) in [4.78, 5) is 2.46. The molecule has 2 aliphatic heterocycles. The second kappa shape index (κ2) is 1.01. The van der Waals surface area contributed by atoms with Crippen molar-refractivity contribution < 1.29 is 0 Å². The highest BCUT2D eigenvalue weighted by Crippen LogP contribution is 2.23. The first-order valence-corrected chi connectivity index (χ1v) is 2.87. The molecule has 0 bridgehead atoms. The lowest BCUT2D eigenvalue weighted by Crippen LogP contribution is -2.26. The first-order chi connectivity index (χ1) is 3.38. The molecule has 1 N–H and O–H groups in total. The smallest absolute Gasteiger partial charge is 0.0572 e. The van der Waals surface area contributed by atoms with Gasteiger partial charge in [-0.05, 0) is 6.92 Å². The van der Waals surface area contributed by atoms with Crippen LogP contribution in [0.2, 0.25) is 0 Å². The maximum Gasteiger partial charge on any atom is 0.0572 e. The molecule has 0 saturated carbocycles. The fourth-order valence-electron chi connectivity index (χ4n) is 1.28. The Morgan fingerprint density at radius 1 is 1.71 bits per heavy atom. The number of nitrogens with zero attached hydrogens (tertiary/aromatic N) is 1. The quantitative estimate of drug-likeness (QED) is 0.415. The molecule has 40 valence electrons. The van der Waals surface area contributed by atoms with Gasteiger partial charge in [0.15, 0.2) is 0 Å². The Morgan fingerprint density at radius 3 is 2.71 bits per heavy atom. The van der Waals surface area contributed by atoms with Crippen LogP contribution < -0.4 is 5.32 Å². The third kappa shape index (κ3) is 0.409. The molecule has 2 rings (SSSR count). The average Bonchev–Trinajstić information content (AvgIpc) is 2.33. The van der Waals surface area contributed by atoms with Gasteiger partial charge in [0.05, 0.1) is 6.17 Å². The third-order valence-electron chi connectivity index (χ3n) is 1.90. The van der Waals surface area contributed by atoms with Crippen molar-refractivity contribution >= 4 is 0 Å². The van der Waals surface area contributed by atoms with Crippen LogP contribution in [0.3, 0.4) is 0 Å². The Morgan fingerprint density at radius 2 is 2.57 bits per heavy atom. The molecule has 0 aromatic heterocycles. The summed E-state index contributed by atoms with van der Waals surface area (Å²) >= 11 is 0. The predicted octanol–water partition coefficient (Wildman–Crippen LogP) is -0.380. The lowest BCUT2D eigenvalue weighted by Gasteiger charge is -2.03. The molecule has 3 unspecified atom stereocenters. The van der Waals surface area contributed by atoms with Crippen molar-refractivity contribution in [2.45, 2.75) is 19.1 Å². The second-order valence-electron chi connectivity index (χ2n) is 2.43. The Kier molecular flexibility index (Phi) is 0.557. The highest BCUT2D eigenvalue weighted by atomic mass is 15.5. The van der Waals surface area contributed by atoms with E-state index in [1.807, 2.05) is 0 Å². The molecule has 7 heavy (non-hydrogen) atoms. The SMILES string of the molecule is CC1NCC2CN21. The van der Waals surface area contributed by atoms with Gasteiger partial charge in [0.25, 0.3) is 0 Å². The van der Waals surface area contributed by atoms with Crippen molar-refractivity contribution in [3.8, 4) is 0 Å². The van der Waals surface area contributed by atoms with Crippen LogP contribution in [0.25, 0.3) is 0 Å². The van der Waals surface area contributed by atoms with Crippen LogP contribution in [0, 0.1) is 0 Å². The number of hydrogen-bond acceptors (Lipinski definition) is 2. The predicted molar refractivity (Wildman–Crippen MR) is 28.0 cm³/mol. The van der Waals surface area contributed by atoms with Gasteiger partial charge >= 0.3 is 0 Å². The zero-order valence-electron chi connectivity index (χ0n) is 4.52. The number of fused-ring (bicyclic) bond motifs is 1. The zero-order valence-corrected chi connectivity index (χ0v) is 4.52. The highest BCUT2D eigenvalue weighted by Gasteiger charge is 2.42. The van der Waals surface area contributed by atoms with Crippen molar-refractivity contribution in [1.29, 1.82) is 0 Å². The molecule has 0 amide bonds. The van der Waals surface area contributed by atoms with Gasteiger partial charge in [0.2, 0.25) is 0 Å². The summed E-state index contributed by atoms with van der Waals surface area (Å²) in [6, 6.07) is 0.912. The van der Waals surface area contributed by atoms with Crippen LogP contribution in [-0.2, 0) is 0 Å². The maximum atomic E-state index is 3.34. The van der Waals surface area contributed by atoms with E-state index in [2.05, 4.69) is 17.1 Å². The van der Waals surface area contributed by atoms with Gasteiger partial charge in [0, 0.05) is 19.1 Å².